The number of hydrogen-bond donors (Lipinski definition) is 1. The Hall–Kier alpha value is -2.90. The van der Waals surface area contributed by atoms with Crippen LogP contribution in [-0.2, 0) is 22.1 Å². The van der Waals surface area contributed by atoms with Gasteiger partial charge >= 0.3 is 5.97 Å². The van der Waals surface area contributed by atoms with Crippen LogP contribution in [0.15, 0.2) is 81.7 Å². The molecule has 1 N–H and O–H groups in total. The first-order chi connectivity index (χ1) is 14.4. The molecule has 2 heterocycles. The second kappa shape index (κ2) is 8.45. The van der Waals surface area contributed by atoms with Crippen LogP contribution < -0.4 is 0 Å². The predicted octanol–water partition coefficient (Wildman–Crippen LogP) is 4.98. The molecule has 1 atom stereocenters. The first kappa shape index (κ1) is 20.4. The Bertz CT molecular complexity index is 1250. The summed E-state index contributed by atoms with van der Waals surface area (Å²) in [6, 6.07) is 17.6. The minimum absolute atomic E-state index is 0.0944. The number of rotatable bonds is 6. The van der Waals surface area contributed by atoms with Crippen molar-refractivity contribution < 1.29 is 14.1 Å². The molecule has 4 aromatic rings. The van der Waals surface area contributed by atoms with E-state index >= 15 is 0 Å². The molecule has 2 aromatic heterocycles. The second-order valence-electron chi connectivity index (χ2n) is 6.90. The van der Waals surface area contributed by atoms with Gasteiger partial charge in [-0.25, -0.2) is 0 Å². The van der Waals surface area contributed by atoms with Crippen molar-refractivity contribution in [3.63, 3.8) is 0 Å². The van der Waals surface area contributed by atoms with E-state index in [-0.39, 0.29) is 6.54 Å². The number of carboxylic acid groups (broad SMARTS) is 1. The number of carbonyl (C=O) groups is 1. The largest absolute Gasteiger partial charge is 0.480 e. The maximum atomic E-state index is 11.7. The average Bonchev–Trinajstić information content (AvgIpc) is 2.99. The van der Waals surface area contributed by atoms with Crippen LogP contribution in [-0.4, -0.2) is 31.1 Å². The Labute approximate surface area is 181 Å². The van der Waals surface area contributed by atoms with Crippen molar-refractivity contribution >= 4 is 39.4 Å². The lowest BCUT2D eigenvalue weighted by molar-refractivity contribution is -0.137. The van der Waals surface area contributed by atoms with Crippen molar-refractivity contribution in [2.75, 3.05) is 6.26 Å². The lowest BCUT2D eigenvalue weighted by Gasteiger charge is -2.06. The number of hydrogen-bond acceptors (Lipinski definition) is 4. The molecule has 0 saturated heterocycles. The van der Waals surface area contributed by atoms with Gasteiger partial charge in [0.2, 0.25) is 0 Å². The molecule has 0 aliphatic rings. The molecule has 30 heavy (non-hydrogen) atoms. The van der Waals surface area contributed by atoms with Crippen LogP contribution in [0.3, 0.4) is 0 Å². The van der Waals surface area contributed by atoms with Crippen molar-refractivity contribution in [3.8, 4) is 11.1 Å². The Morgan fingerprint density at radius 1 is 1.13 bits per heavy atom. The SMILES string of the molecule is Cc1c(Sc2ccc(S(C)=O)cc2)c2cc(-c3cccnc3)ccc2n1CC(=O)O. The van der Waals surface area contributed by atoms with Gasteiger partial charge in [-0.3, -0.25) is 14.0 Å². The highest BCUT2D eigenvalue weighted by molar-refractivity contribution is 7.99. The third kappa shape index (κ3) is 4.04. The van der Waals surface area contributed by atoms with Crippen LogP contribution in [0, 0.1) is 6.92 Å². The van der Waals surface area contributed by atoms with Gasteiger partial charge in [0.25, 0.3) is 0 Å². The van der Waals surface area contributed by atoms with E-state index in [0.717, 1.165) is 42.4 Å². The van der Waals surface area contributed by atoms with Gasteiger partial charge in [0.15, 0.2) is 0 Å². The molecule has 2 aromatic carbocycles. The molecule has 0 aliphatic heterocycles. The van der Waals surface area contributed by atoms with E-state index in [1.807, 2.05) is 66.2 Å². The van der Waals surface area contributed by atoms with Crippen LogP contribution in [0.2, 0.25) is 0 Å². The highest BCUT2D eigenvalue weighted by Crippen LogP contribution is 2.40. The molecule has 0 fully saturated rings. The van der Waals surface area contributed by atoms with Crippen LogP contribution in [0.4, 0.5) is 0 Å². The number of fused-ring (bicyclic) bond motifs is 1. The van der Waals surface area contributed by atoms with Gasteiger partial charge in [-0.05, 0) is 55.0 Å². The van der Waals surface area contributed by atoms with E-state index in [0.29, 0.717) is 0 Å². The maximum Gasteiger partial charge on any atom is 0.323 e. The van der Waals surface area contributed by atoms with Gasteiger partial charge in [0.1, 0.15) is 6.54 Å². The summed E-state index contributed by atoms with van der Waals surface area (Å²) in [6.07, 6.45) is 5.22. The summed E-state index contributed by atoms with van der Waals surface area (Å²) in [5.74, 6) is -0.877. The third-order valence-corrected chi connectivity index (χ3v) is 7.09. The summed E-state index contributed by atoms with van der Waals surface area (Å²) in [7, 11) is -1.02. The van der Waals surface area contributed by atoms with E-state index in [1.165, 1.54) is 0 Å². The van der Waals surface area contributed by atoms with Crippen LogP contribution in [0.5, 0.6) is 0 Å². The monoisotopic (exact) mass is 436 g/mol. The molecule has 0 radical (unpaired) electrons. The van der Waals surface area contributed by atoms with Crippen molar-refractivity contribution in [3.05, 3.63) is 72.7 Å². The molecule has 5 nitrogen and oxygen atoms in total. The van der Waals surface area contributed by atoms with Gasteiger partial charge in [-0.1, -0.05) is 23.9 Å². The zero-order valence-electron chi connectivity index (χ0n) is 16.5. The van der Waals surface area contributed by atoms with E-state index in [1.54, 1.807) is 24.2 Å². The zero-order valence-corrected chi connectivity index (χ0v) is 18.2. The standard InChI is InChI=1S/C23H20N2O3S2/c1-15-23(29-18-6-8-19(9-7-18)30(2)28)20-12-16(17-4-3-11-24-13-17)5-10-21(20)25(15)14-22(26)27/h3-13H,14H2,1-2H3,(H,26,27). The topological polar surface area (TPSA) is 72.2 Å². The first-order valence-corrected chi connectivity index (χ1v) is 11.7. The van der Waals surface area contributed by atoms with Crippen molar-refractivity contribution in [1.29, 1.82) is 0 Å². The van der Waals surface area contributed by atoms with Gasteiger partial charge in [-0.15, -0.1) is 0 Å². The molecule has 0 spiro atoms. The fraction of sp³-hybridized carbons (Fsp3) is 0.130. The quantitative estimate of drug-likeness (QED) is 0.461. The zero-order chi connectivity index (χ0) is 21.3. The second-order valence-corrected chi connectivity index (χ2v) is 9.36. The number of pyridine rings is 1. The summed E-state index contributed by atoms with van der Waals surface area (Å²) in [5, 5.41) is 10.4. The molecule has 152 valence electrons. The summed E-state index contributed by atoms with van der Waals surface area (Å²) in [6.45, 7) is 1.85. The summed E-state index contributed by atoms with van der Waals surface area (Å²) in [5.41, 5.74) is 3.83. The smallest absolute Gasteiger partial charge is 0.323 e. The number of benzene rings is 2. The molecular formula is C23H20N2O3S2. The Morgan fingerprint density at radius 3 is 2.53 bits per heavy atom. The van der Waals surface area contributed by atoms with Crippen LogP contribution in [0.25, 0.3) is 22.0 Å². The number of aliphatic carboxylic acids is 1. The number of carboxylic acids is 1. The molecule has 0 aliphatic carbocycles. The van der Waals surface area contributed by atoms with Crippen molar-refractivity contribution in [2.45, 2.75) is 28.2 Å². The van der Waals surface area contributed by atoms with Gasteiger partial charge in [0, 0.05) is 66.3 Å². The fourth-order valence-corrected chi connectivity index (χ4v) is 5.01. The Kier molecular flexibility index (Phi) is 5.74. The van der Waals surface area contributed by atoms with Crippen LogP contribution in [0.1, 0.15) is 5.69 Å². The minimum atomic E-state index is -1.02. The van der Waals surface area contributed by atoms with Crippen molar-refractivity contribution in [2.24, 2.45) is 0 Å². The summed E-state index contributed by atoms with van der Waals surface area (Å²) >= 11 is 1.59. The highest BCUT2D eigenvalue weighted by Gasteiger charge is 2.18. The lowest BCUT2D eigenvalue weighted by Crippen LogP contribution is -2.09. The molecule has 0 amide bonds. The third-order valence-electron chi connectivity index (χ3n) is 4.93. The fourth-order valence-electron chi connectivity index (χ4n) is 3.45. The Morgan fingerprint density at radius 2 is 1.90 bits per heavy atom. The van der Waals surface area contributed by atoms with Crippen molar-refractivity contribution in [1.82, 2.24) is 9.55 Å². The predicted molar refractivity (Wildman–Crippen MR) is 120 cm³/mol. The number of aromatic nitrogens is 2. The van der Waals surface area contributed by atoms with Crippen LogP contribution >= 0.6 is 11.8 Å². The molecule has 7 heteroatoms. The Balaban J connectivity index is 1.84. The molecule has 0 bridgehead atoms. The number of nitrogens with zero attached hydrogens (tertiary/aromatic N) is 2. The summed E-state index contributed by atoms with van der Waals surface area (Å²) < 4.78 is 13.5. The van der Waals surface area contributed by atoms with Gasteiger partial charge in [0.05, 0.1) is 0 Å². The molecule has 1 unspecified atom stereocenters. The normalized spacial score (nSPS) is 12.2. The van der Waals surface area contributed by atoms with E-state index in [2.05, 4.69) is 11.1 Å². The minimum Gasteiger partial charge on any atom is -0.480 e. The summed E-state index contributed by atoms with van der Waals surface area (Å²) in [4.78, 5) is 18.5. The average molecular weight is 437 g/mol. The highest BCUT2D eigenvalue weighted by atomic mass is 32.2. The van der Waals surface area contributed by atoms with Gasteiger partial charge in [-0.2, -0.15) is 0 Å². The molecular weight excluding hydrogens is 416 g/mol. The molecule has 0 saturated carbocycles. The lowest BCUT2D eigenvalue weighted by atomic mass is 10.1. The van der Waals surface area contributed by atoms with Gasteiger partial charge < -0.3 is 9.67 Å². The van der Waals surface area contributed by atoms with E-state index < -0.39 is 16.8 Å². The van der Waals surface area contributed by atoms with E-state index in [4.69, 9.17) is 0 Å². The first-order valence-electron chi connectivity index (χ1n) is 9.30. The molecule has 4 rings (SSSR count). The maximum absolute atomic E-state index is 11.7. The van der Waals surface area contributed by atoms with E-state index in [9.17, 15) is 14.1 Å².